The van der Waals surface area contributed by atoms with Gasteiger partial charge in [-0.25, -0.2) is 4.98 Å². The topological polar surface area (TPSA) is 63.4 Å². The molecule has 4 aromatic rings. The standard InChI is InChI=1S/C22H17ClF3N5OS/c23-16-5-1-3-13(9-16)20-27-17(12-33-20)21(32)30-8-2-4-14(10-30)19-29-28-18-7-6-15(11-31(18)19)22(24,25)26/h1,3,5-7,9,11-12,14H,2,4,8,10H2. The Morgan fingerprint density at radius 1 is 1.18 bits per heavy atom. The molecule has 0 N–H and O–H groups in total. The van der Waals surface area contributed by atoms with Crippen LogP contribution in [0.15, 0.2) is 48.0 Å². The zero-order chi connectivity index (χ0) is 23.2. The molecule has 0 aliphatic carbocycles. The van der Waals surface area contributed by atoms with Gasteiger partial charge < -0.3 is 4.90 Å². The lowest BCUT2D eigenvalue weighted by atomic mass is 9.97. The highest BCUT2D eigenvalue weighted by Gasteiger charge is 2.33. The number of piperidine rings is 1. The Morgan fingerprint density at radius 3 is 2.82 bits per heavy atom. The summed E-state index contributed by atoms with van der Waals surface area (Å²) in [5.74, 6) is -0.0206. The first kappa shape index (κ1) is 21.8. The molecule has 5 rings (SSSR count). The molecule has 170 valence electrons. The van der Waals surface area contributed by atoms with Gasteiger partial charge in [0.15, 0.2) is 5.65 Å². The molecule has 1 saturated heterocycles. The molecular weight excluding hydrogens is 475 g/mol. The molecule has 1 fully saturated rings. The maximum atomic E-state index is 13.2. The van der Waals surface area contributed by atoms with E-state index in [0.29, 0.717) is 53.1 Å². The quantitative estimate of drug-likeness (QED) is 0.377. The van der Waals surface area contributed by atoms with Gasteiger partial charge in [-0.1, -0.05) is 23.7 Å². The minimum absolute atomic E-state index is 0.214. The molecule has 1 aromatic carbocycles. The van der Waals surface area contributed by atoms with Crippen LogP contribution in [0, 0.1) is 0 Å². The lowest BCUT2D eigenvalue weighted by Crippen LogP contribution is -2.39. The Morgan fingerprint density at radius 2 is 2.03 bits per heavy atom. The van der Waals surface area contributed by atoms with Crippen LogP contribution in [0.2, 0.25) is 5.02 Å². The van der Waals surface area contributed by atoms with Gasteiger partial charge in [-0.15, -0.1) is 21.5 Å². The van der Waals surface area contributed by atoms with Crippen molar-refractivity contribution >= 4 is 34.5 Å². The summed E-state index contributed by atoms with van der Waals surface area (Å²) in [6.45, 7) is 0.879. The minimum Gasteiger partial charge on any atom is -0.337 e. The summed E-state index contributed by atoms with van der Waals surface area (Å²) in [6.07, 6.45) is -2.04. The van der Waals surface area contributed by atoms with Crippen LogP contribution < -0.4 is 0 Å². The minimum atomic E-state index is -4.46. The van der Waals surface area contributed by atoms with Gasteiger partial charge in [0.05, 0.1) is 5.56 Å². The Hall–Kier alpha value is -2.98. The molecule has 1 aliphatic heterocycles. The van der Waals surface area contributed by atoms with Crippen LogP contribution in [0.25, 0.3) is 16.2 Å². The lowest BCUT2D eigenvalue weighted by molar-refractivity contribution is -0.137. The monoisotopic (exact) mass is 491 g/mol. The van der Waals surface area contributed by atoms with Crippen LogP contribution in [0.4, 0.5) is 13.2 Å². The normalized spacial score (nSPS) is 17.0. The molecule has 1 aliphatic rings. The highest BCUT2D eigenvalue weighted by Crippen LogP contribution is 2.32. The fraction of sp³-hybridized carbons (Fsp3) is 0.273. The van der Waals surface area contributed by atoms with Crippen LogP contribution in [-0.4, -0.2) is 43.5 Å². The number of carbonyl (C=O) groups is 1. The molecule has 1 amide bonds. The predicted octanol–water partition coefficient (Wildman–Crippen LogP) is 5.54. The van der Waals surface area contributed by atoms with Crippen molar-refractivity contribution in [3.05, 3.63) is 70.1 Å². The number of thiazole rings is 1. The van der Waals surface area contributed by atoms with Crippen molar-refractivity contribution in [1.82, 2.24) is 24.5 Å². The van der Waals surface area contributed by atoms with E-state index in [4.69, 9.17) is 11.6 Å². The average Bonchev–Trinajstić information content (AvgIpc) is 3.45. The lowest BCUT2D eigenvalue weighted by Gasteiger charge is -2.31. The second kappa shape index (κ2) is 8.42. The van der Waals surface area contributed by atoms with Gasteiger partial charge in [-0.05, 0) is 37.1 Å². The number of alkyl halides is 3. The van der Waals surface area contributed by atoms with Crippen LogP contribution in [-0.2, 0) is 6.18 Å². The Bertz CT molecular complexity index is 1340. The van der Waals surface area contributed by atoms with E-state index in [1.165, 1.54) is 21.8 Å². The van der Waals surface area contributed by atoms with Gasteiger partial charge in [-0.3, -0.25) is 9.20 Å². The van der Waals surface area contributed by atoms with Crippen LogP contribution >= 0.6 is 22.9 Å². The number of halogens is 4. The number of rotatable bonds is 3. The fourth-order valence-electron chi connectivity index (χ4n) is 4.01. The third kappa shape index (κ3) is 4.32. The summed E-state index contributed by atoms with van der Waals surface area (Å²) in [5.41, 5.74) is 0.738. The number of likely N-dealkylation sites (tertiary alicyclic amines) is 1. The predicted molar refractivity (Wildman–Crippen MR) is 118 cm³/mol. The molecular formula is C22H17ClF3N5OS. The molecule has 4 heterocycles. The number of benzene rings is 1. The number of aromatic nitrogens is 4. The summed E-state index contributed by atoms with van der Waals surface area (Å²) < 4.78 is 40.9. The van der Waals surface area contributed by atoms with E-state index in [9.17, 15) is 18.0 Å². The van der Waals surface area contributed by atoms with Gasteiger partial charge in [0.25, 0.3) is 5.91 Å². The SMILES string of the molecule is O=C(c1csc(-c2cccc(Cl)c2)n1)N1CCCC(c2nnc3ccc(C(F)(F)F)cn23)C1. The van der Waals surface area contributed by atoms with Crippen molar-refractivity contribution in [2.45, 2.75) is 24.9 Å². The molecule has 0 bridgehead atoms. The number of nitrogens with zero attached hydrogens (tertiary/aromatic N) is 5. The number of pyridine rings is 1. The maximum Gasteiger partial charge on any atom is 0.417 e. The summed E-state index contributed by atoms with van der Waals surface area (Å²) in [4.78, 5) is 19.3. The van der Waals surface area contributed by atoms with E-state index in [2.05, 4.69) is 15.2 Å². The van der Waals surface area contributed by atoms with Crippen molar-refractivity contribution in [3.63, 3.8) is 0 Å². The molecule has 0 radical (unpaired) electrons. The van der Waals surface area contributed by atoms with Crippen molar-refractivity contribution in [3.8, 4) is 10.6 Å². The second-order valence-corrected chi connectivity index (χ2v) is 9.14. The van der Waals surface area contributed by atoms with Crippen molar-refractivity contribution in [1.29, 1.82) is 0 Å². The first-order valence-electron chi connectivity index (χ1n) is 10.2. The van der Waals surface area contributed by atoms with E-state index >= 15 is 0 Å². The summed E-state index contributed by atoms with van der Waals surface area (Å²) in [7, 11) is 0. The van der Waals surface area contributed by atoms with Crippen molar-refractivity contribution < 1.29 is 18.0 Å². The largest absolute Gasteiger partial charge is 0.417 e. The highest BCUT2D eigenvalue weighted by molar-refractivity contribution is 7.13. The molecule has 0 spiro atoms. The second-order valence-electron chi connectivity index (χ2n) is 7.84. The maximum absolute atomic E-state index is 13.2. The smallest absolute Gasteiger partial charge is 0.337 e. The van der Waals surface area contributed by atoms with Gasteiger partial charge in [0.1, 0.15) is 16.5 Å². The Balaban J connectivity index is 1.38. The van der Waals surface area contributed by atoms with E-state index in [0.717, 1.165) is 17.8 Å². The number of amides is 1. The number of hydrogen-bond donors (Lipinski definition) is 0. The van der Waals surface area contributed by atoms with Crippen LogP contribution in [0.1, 0.15) is 40.6 Å². The van der Waals surface area contributed by atoms with Gasteiger partial charge >= 0.3 is 6.18 Å². The number of hydrogen-bond acceptors (Lipinski definition) is 5. The van der Waals surface area contributed by atoms with E-state index in [-0.39, 0.29) is 11.8 Å². The fourth-order valence-corrected chi connectivity index (χ4v) is 5.00. The van der Waals surface area contributed by atoms with Crippen LogP contribution in [0.3, 0.4) is 0 Å². The zero-order valence-corrected chi connectivity index (χ0v) is 18.7. The molecule has 1 atom stereocenters. The zero-order valence-electron chi connectivity index (χ0n) is 17.1. The first-order valence-corrected chi connectivity index (χ1v) is 11.5. The summed E-state index contributed by atoms with van der Waals surface area (Å²) in [6, 6.07) is 9.55. The first-order chi connectivity index (χ1) is 15.8. The summed E-state index contributed by atoms with van der Waals surface area (Å²) in [5, 5.41) is 11.1. The van der Waals surface area contributed by atoms with Crippen molar-refractivity contribution in [2.24, 2.45) is 0 Å². The molecule has 3 aromatic heterocycles. The number of carbonyl (C=O) groups excluding carboxylic acids is 1. The number of fused-ring (bicyclic) bond motifs is 1. The van der Waals surface area contributed by atoms with Gasteiger partial charge in [0, 0.05) is 41.2 Å². The van der Waals surface area contributed by atoms with E-state index in [1.807, 2.05) is 12.1 Å². The Kier molecular flexibility index (Phi) is 5.57. The van der Waals surface area contributed by atoms with Crippen LogP contribution in [0.5, 0.6) is 0 Å². The molecule has 11 heteroatoms. The van der Waals surface area contributed by atoms with Gasteiger partial charge in [0.2, 0.25) is 0 Å². The highest BCUT2D eigenvalue weighted by atomic mass is 35.5. The average molecular weight is 492 g/mol. The third-order valence-electron chi connectivity index (χ3n) is 5.62. The molecule has 0 saturated carbocycles. The van der Waals surface area contributed by atoms with Gasteiger partial charge in [-0.2, -0.15) is 13.2 Å². The van der Waals surface area contributed by atoms with Crippen molar-refractivity contribution in [2.75, 3.05) is 13.1 Å². The Labute approximate surface area is 195 Å². The third-order valence-corrected chi connectivity index (χ3v) is 6.75. The molecule has 1 unspecified atom stereocenters. The van der Waals surface area contributed by atoms with E-state index in [1.54, 1.807) is 22.4 Å². The summed E-state index contributed by atoms with van der Waals surface area (Å²) >= 11 is 7.41. The van der Waals surface area contributed by atoms with E-state index < -0.39 is 11.7 Å². The molecule has 6 nitrogen and oxygen atoms in total. The molecule has 33 heavy (non-hydrogen) atoms.